The van der Waals surface area contributed by atoms with E-state index >= 15 is 0 Å². The van der Waals surface area contributed by atoms with Gasteiger partial charge < -0.3 is 0 Å². The van der Waals surface area contributed by atoms with Crippen molar-refractivity contribution in [1.82, 2.24) is 5.32 Å². The number of nitrogens with zero attached hydrogens (tertiary/aromatic N) is 1. The zero-order chi connectivity index (χ0) is 10.3. The summed E-state index contributed by atoms with van der Waals surface area (Å²) < 4.78 is 0. The van der Waals surface area contributed by atoms with Crippen molar-refractivity contribution in [3.63, 3.8) is 0 Å². The molecular weight excluding hydrogens is 180 g/mol. The highest BCUT2D eigenvalue weighted by Gasteiger charge is 2.30. The van der Waals surface area contributed by atoms with Crippen molar-refractivity contribution in [2.75, 3.05) is 0 Å². The summed E-state index contributed by atoms with van der Waals surface area (Å²) in [5.74, 6) is -0.218. The van der Waals surface area contributed by atoms with Crippen molar-refractivity contribution >= 4 is 17.5 Å². The Bertz CT molecular complexity index is 378. The van der Waals surface area contributed by atoms with Crippen LogP contribution in [0.2, 0.25) is 0 Å². The molecule has 2 heterocycles. The van der Waals surface area contributed by atoms with Gasteiger partial charge in [0.2, 0.25) is 5.91 Å². The molecule has 4 nitrogen and oxygen atoms in total. The van der Waals surface area contributed by atoms with E-state index in [4.69, 9.17) is 0 Å². The standard InChI is InChI=1S/C10H12N2O2/c1-5(2)7-3-6-4-8(13)12-10(14)9(6)11-7/h5H,3-4H2,1-2H3,(H,12,13,14). The maximum Gasteiger partial charge on any atom is 0.276 e. The normalized spacial score (nSPS) is 21.2. The van der Waals surface area contributed by atoms with E-state index in [9.17, 15) is 9.59 Å². The second-order valence-electron chi connectivity index (χ2n) is 3.94. The van der Waals surface area contributed by atoms with E-state index in [2.05, 4.69) is 10.3 Å². The van der Waals surface area contributed by atoms with Gasteiger partial charge >= 0.3 is 0 Å². The van der Waals surface area contributed by atoms with Crippen molar-refractivity contribution in [1.29, 1.82) is 0 Å². The van der Waals surface area contributed by atoms with Gasteiger partial charge in [0.1, 0.15) is 5.70 Å². The molecule has 14 heavy (non-hydrogen) atoms. The minimum atomic E-state index is -0.341. The van der Waals surface area contributed by atoms with Crippen LogP contribution in [0.5, 0.6) is 0 Å². The molecule has 2 aliphatic rings. The Kier molecular flexibility index (Phi) is 1.98. The molecule has 4 heteroatoms. The van der Waals surface area contributed by atoms with Crippen LogP contribution in [0.15, 0.2) is 16.3 Å². The lowest BCUT2D eigenvalue weighted by atomic mass is 9.98. The van der Waals surface area contributed by atoms with Gasteiger partial charge in [-0.05, 0) is 11.5 Å². The van der Waals surface area contributed by atoms with Crippen LogP contribution >= 0.6 is 0 Å². The molecule has 74 valence electrons. The van der Waals surface area contributed by atoms with Gasteiger partial charge in [0.05, 0.1) is 6.42 Å². The highest BCUT2D eigenvalue weighted by Crippen LogP contribution is 2.28. The Balaban J connectivity index is 2.28. The SMILES string of the molecule is CC(C)C1=NC2=C(CC(=O)NC2=O)C1. The fraction of sp³-hybridized carbons (Fsp3) is 0.500. The lowest BCUT2D eigenvalue weighted by Crippen LogP contribution is -2.35. The first-order valence-electron chi connectivity index (χ1n) is 4.71. The molecule has 0 unspecified atom stereocenters. The maximum absolute atomic E-state index is 11.4. The molecule has 2 amide bonds. The second kappa shape index (κ2) is 3.04. The van der Waals surface area contributed by atoms with Gasteiger partial charge in [0.15, 0.2) is 0 Å². The number of carbonyl (C=O) groups excluding carboxylic acids is 2. The molecule has 0 saturated carbocycles. The number of carbonyl (C=O) groups is 2. The molecule has 0 saturated heterocycles. The first kappa shape index (κ1) is 9.12. The van der Waals surface area contributed by atoms with Crippen LogP contribution in [0.4, 0.5) is 0 Å². The zero-order valence-electron chi connectivity index (χ0n) is 8.26. The lowest BCUT2D eigenvalue weighted by Gasteiger charge is -2.11. The third-order valence-electron chi connectivity index (χ3n) is 2.49. The molecule has 1 N–H and O–H groups in total. The summed E-state index contributed by atoms with van der Waals surface area (Å²) in [7, 11) is 0. The molecule has 0 spiro atoms. The minimum Gasteiger partial charge on any atom is -0.291 e. The lowest BCUT2D eigenvalue weighted by molar-refractivity contribution is -0.129. The quantitative estimate of drug-likeness (QED) is 0.624. The Morgan fingerprint density at radius 3 is 2.64 bits per heavy atom. The molecule has 0 atom stereocenters. The third-order valence-corrected chi connectivity index (χ3v) is 2.49. The van der Waals surface area contributed by atoms with Crippen LogP contribution < -0.4 is 5.32 Å². The summed E-state index contributed by atoms with van der Waals surface area (Å²) in [6.07, 6.45) is 1.01. The van der Waals surface area contributed by atoms with E-state index in [-0.39, 0.29) is 11.8 Å². The molecule has 2 aliphatic heterocycles. The van der Waals surface area contributed by atoms with Gasteiger partial charge in [-0.2, -0.15) is 0 Å². The monoisotopic (exact) mass is 192 g/mol. The van der Waals surface area contributed by atoms with E-state index in [1.807, 2.05) is 13.8 Å². The van der Waals surface area contributed by atoms with E-state index in [1.165, 1.54) is 0 Å². The average Bonchev–Trinajstić information content (AvgIpc) is 2.47. The molecule has 0 fully saturated rings. The van der Waals surface area contributed by atoms with E-state index in [0.29, 0.717) is 24.5 Å². The molecule has 2 rings (SSSR count). The number of imide groups is 1. The zero-order valence-corrected chi connectivity index (χ0v) is 8.26. The van der Waals surface area contributed by atoms with E-state index in [1.54, 1.807) is 0 Å². The van der Waals surface area contributed by atoms with Gasteiger partial charge in [0.25, 0.3) is 5.91 Å². The Hall–Kier alpha value is -1.45. The van der Waals surface area contributed by atoms with Gasteiger partial charge in [0, 0.05) is 12.1 Å². The highest BCUT2D eigenvalue weighted by atomic mass is 16.2. The van der Waals surface area contributed by atoms with Crippen molar-refractivity contribution in [2.24, 2.45) is 10.9 Å². The highest BCUT2D eigenvalue weighted by molar-refractivity contribution is 6.12. The Morgan fingerprint density at radius 2 is 2.00 bits per heavy atom. The van der Waals surface area contributed by atoms with Crippen molar-refractivity contribution in [2.45, 2.75) is 26.7 Å². The molecule has 0 aliphatic carbocycles. The number of nitrogens with one attached hydrogen (secondary N) is 1. The van der Waals surface area contributed by atoms with Crippen molar-refractivity contribution in [3.8, 4) is 0 Å². The molecule has 0 bridgehead atoms. The molecule has 0 radical (unpaired) electrons. The number of aliphatic imine (C=N–C) groups is 1. The smallest absolute Gasteiger partial charge is 0.276 e. The van der Waals surface area contributed by atoms with Gasteiger partial charge in [-0.15, -0.1) is 0 Å². The molecule has 0 aromatic heterocycles. The van der Waals surface area contributed by atoms with E-state index < -0.39 is 0 Å². The topological polar surface area (TPSA) is 58.5 Å². The largest absolute Gasteiger partial charge is 0.291 e. The van der Waals surface area contributed by atoms with Gasteiger partial charge in [-0.25, -0.2) is 0 Å². The summed E-state index contributed by atoms with van der Waals surface area (Å²) in [5, 5.41) is 2.27. The van der Waals surface area contributed by atoms with E-state index in [0.717, 1.165) is 11.3 Å². The summed E-state index contributed by atoms with van der Waals surface area (Å²) in [6.45, 7) is 4.08. The summed E-state index contributed by atoms with van der Waals surface area (Å²) in [6, 6.07) is 0. The number of hydrogen-bond donors (Lipinski definition) is 1. The van der Waals surface area contributed by atoms with Crippen LogP contribution in [0.25, 0.3) is 0 Å². The summed E-state index contributed by atoms with van der Waals surface area (Å²) in [4.78, 5) is 26.7. The summed E-state index contributed by atoms with van der Waals surface area (Å²) >= 11 is 0. The average molecular weight is 192 g/mol. The number of rotatable bonds is 1. The first-order chi connectivity index (χ1) is 6.58. The van der Waals surface area contributed by atoms with Crippen molar-refractivity contribution < 1.29 is 9.59 Å². The van der Waals surface area contributed by atoms with Crippen LogP contribution in [0, 0.1) is 5.92 Å². The van der Waals surface area contributed by atoms with Crippen LogP contribution in [-0.4, -0.2) is 17.5 Å². The first-order valence-corrected chi connectivity index (χ1v) is 4.71. The number of amides is 2. The second-order valence-corrected chi connectivity index (χ2v) is 3.94. The Morgan fingerprint density at radius 1 is 1.29 bits per heavy atom. The third kappa shape index (κ3) is 1.36. The number of hydrogen-bond acceptors (Lipinski definition) is 3. The maximum atomic E-state index is 11.4. The van der Waals surface area contributed by atoms with Crippen molar-refractivity contribution in [3.05, 3.63) is 11.3 Å². The van der Waals surface area contributed by atoms with Crippen LogP contribution in [-0.2, 0) is 9.59 Å². The van der Waals surface area contributed by atoms with Gasteiger partial charge in [-0.1, -0.05) is 13.8 Å². The molecular formula is C10H12N2O2. The predicted molar refractivity (Wildman–Crippen MR) is 51.7 cm³/mol. The summed E-state index contributed by atoms with van der Waals surface area (Å²) in [5.41, 5.74) is 2.34. The van der Waals surface area contributed by atoms with Crippen LogP contribution in [0.1, 0.15) is 26.7 Å². The predicted octanol–water partition coefficient (Wildman–Crippen LogP) is 0.788. The van der Waals surface area contributed by atoms with Crippen LogP contribution in [0.3, 0.4) is 0 Å². The molecule has 0 aromatic rings. The fourth-order valence-corrected chi connectivity index (χ4v) is 1.68. The molecule has 0 aromatic carbocycles. The minimum absolute atomic E-state index is 0.214. The fourth-order valence-electron chi connectivity index (χ4n) is 1.68. The Labute approximate surface area is 82.1 Å². The van der Waals surface area contributed by atoms with Gasteiger partial charge in [-0.3, -0.25) is 19.9 Å².